The number of esters is 2. The molecule has 0 N–H and O–H groups in total. The lowest BCUT2D eigenvalue weighted by Gasteiger charge is -2.32. The first kappa shape index (κ1) is 38.9. The van der Waals surface area contributed by atoms with Crippen LogP contribution in [-0.2, 0) is 23.9 Å². The summed E-state index contributed by atoms with van der Waals surface area (Å²) in [7, 11) is 0. The van der Waals surface area contributed by atoms with E-state index in [1.165, 1.54) is 68.6 Å². The molecular formula is C35H57ClO5. The van der Waals surface area contributed by atoms with Crippen LogP contribution >= 0.6 is 11.6 Å². The van der Waals surface area contributed by atoms with E-state index in [1.54, 1.807) is 0 Å². The third-order valence-electron chi connectivity index (χ3n) is 7.34. The first-order valence-corrected chi connectivity index (χ1v) is 16.1. The number of rotatable bonds is 22. The molecule has 41 heavy (non-hydrogen) atoms. The smallest absolute Gasteiger partial charge is 0.317 e. The molecule has 0 bridgehead atoms. The molecule has 0 aromatic heterocycles. The number of hydrogen-bond donors (Lipinski definition) is 0. The molecule has 0 amide bonds. The second-order valence-corrected chi connectivity index (χ2v) is 12.0. The summed E-state index contributed by atoms with van der Waals surface area (Å²) in [6.07, 6.45) is 26.1. The standard InChI is InChI=1S/C23H40O4.C12H17ClO/c1-3-5-7-9-11-13-15-17-19-26-22(24)21-23(25)27-20-18-16-14-12-10-8-6-4-2;1-9-5-4-8-12(2,3)10(9)6-7-11(13)14/h3-4H,1-2,5-21H2;6-7H,4-5,8H2,1-3H3. The third-order valence-corrected chi connectivity index (χ3v) is 7.47. The molecule has 1 aliphatic carbocycles. The van der Waals surface area contributed by atoms with E-state index in [4.69, 9.17) is 21.1 Å². The Balaban J connectivity index is 0.000000950. The van der Waals surface area contributed by atoms with Crippen LogP contribution in [0, 0.1) is 5.41 Å². The SMILES string of the molecule is C=CCCCCCCCCOC(=O)CC(=O)OCCCCCCCCC=C.CC1=C(C=CC(=O)Cl)C(C)(C)CCC1. The van der Waals surface area contributed by atoms with Crippen LogP contribution in [0.4, 0.5) is 0 Å². The normalized spacial score (nSPS) is 14.2. The Hall–Kier alpha value is -2.14. The van der Waals surface area contributed by atoms with Gasteiger partial charge in [-0.15, -0.1) is 13.2 Å². The van der Waals surface area contributed by atoms with Crippen molar-refractivity contribution in [1.82, 2.24) is 0 Å². The van der Waals surface area contributed by atoms with Crippen LogP contribution in [-0.4, -0.2) is 30.4 Å². The van der Waals surface area contributed by atoms with E-state index in [2.05, 4.69) is 33.9 Å². The van der Waals surface area contributed by atoms with E-state index in [9.17, 15) is 14.4 Å². The van der Waals surface area contributed by atoms with E-state index < -0.39 is 17.2 Å². The van der Waals surface area contributed by atoms with Crippen molar-refractivity contribution in [3.05, 3.63) is 48.6 Å². The van der Waals surface area contributed by atoms with E-state index in [1.807, 2.05) is 18.2 Å². The Bertz CT molecular complexity index is 788. The topological polar surface area (TPSA) is 69.7 Å². The molecule has 0 aromatic carbocycles. The van der Waals surface area contributed by atoms with Crippen LogP contribution < -0.4 is 0 Å². The van der Waals surface area contributed by atoms with Gasteiger partial charge in [-0.2, -0.15) is 0 Å². The van der Waals surface area contributed by atoms with Crippen molar-refractivity contribution in [1.29, 1.82) is 0 Å². The van der Waals surface area contributed by atoms with Gasteiger partial charge < -0.3 is 9.47 Å². The number of unbranched alkanes of at least 4 members (excludes halogenated alkanes) is 12. The number of allylic oxidation sites excluding steroid dienone is 6. The monoisotopic (exact) mass is 592 g/mol. The van der Waals surface area contributed by atoms with Gasteiger partial charge in [0.1, 0.15) is 6.42 Å². The van der Waals surface area contributed by atoms with Gasteiger partial charge in [0.2, 0.25) is 5.24 Å². The average Bonchev–Trinajstić information content (AvgIpc) is 2.91. The number of ether oxygens (including phenoxy) is 2. The highest BCUT2D eigenvalue weighted by Crippen LogP contribution is 2.40. The maximum Gasteiger partial charge on any atom is 0.317 e. The number of hydrogen-bond acceptors (Lipinski definition) is 5. The maximum absolute atomic E-state index is 11.6. The Kier molecular flexibility index (Phi) is 24.2. The average molecular weight is 593 g/mol. The fraction of sp³-hybridized carbons (Fsp3) is 0.686. The lowest BCUT2D eigenvalue weighted by Crippen LogP contribution is -2.19. The van der Waals surface area contributed by atoms with Crippen molar-refractivity contribution in [3.8, 4) is 0 Å². The predicted octanol–water partition coefficient (Wildman–Crippen LogP) is 10.1. The van der Waals surface area contributed by atoms with Gasteiger partial charge in [0.05, 0.1) is 13.2 Å². The van der Waals surface area contributed by atoms with Gasteiger partial charge in [-0.1, -0.05) is 89.0 Å². The van der Waals surface area contributed by atoms with Crippen LogP contribution in [0.25, 0.3) is 0 Å². The lowest BCUT2D eigenvalue weighted by molar-refractivity contribution is -0.154. The Morgan fingerprint density at radius 1 is 0.780 bits per heavy atom. The first-order valence-electron chi connectivity index (χ1n) is 15.7. The van der Waals surface area contributed by atoms with E-state index in [-0.39, 0.29) is 11.8 Å². The van der Waals surface area contributed by atoms with Gasteiger partial charge in [0.25, 0.3) is 0 Å². The van der Waals surface area contributed by atoms with Crippen LogP contribution in [0.15, 0.2) is 48.6 Å². The summed E-state index contributed by atoms with van der Waals surface area (Å²) in [4.78, 5) is 33.8. The summed E-state index contributed by atoms with van der Waals surface area (Å²) in [5.41, 5.74) is 2.85. The molecule has 0 saturated carbocycles. The molecule has 0 aromatic rings. The van der Waals surface area contributed by atoms with Crippen molar-refractivity contribution >= 4 is 28.8 Å². The molecule has 0 heterocycles. The van der Waals surface area contributed by atoms with E-state index in [0.717, 1.165) is 57.8 Å². The second-order valence-electron chi connectivity index (χ2n) is 11.6. The summed E-state index contributed by atoms with van der Waals surface area (Å²) in [6, 6.07) is 0. The van der Waals surface area contributed by atoms with Gasteiger partial charge in [0.15, 0.2) is 0 Å². The Morgan fingerprint density at radius 3 is 1.63 bits per heavy atom. The zero-order valence-electron chi connectivity index (χ0n) is 26.3. The molecule has 0 saturated heterocycles. The fourth-order valence-corrected chi connectivity index (χ4v) is 5.01. The third kappa shape index (κ3) is 23.1. The zero-order valence-corrected chi connectivity index (χ0v) is 27.0. The van der Waals surface area contributed by atoms with Crippen LogP contribution in [0.2, 0.25) is 0 Å². The van der Waals surface area contributed by atoms with Crippen molar-refractivity contribution in [2.75, 3.05) is 13.2 Å². The molecule has 6 heteroatoms. The van der Waals surface area contributed by atoms with Crippen LogP contribution in [0.3, 0.4) is 0 Å². The summed E-state index contributed by atoms with van der Waals surface area (Å²) in [6.45, 7) is 14.8. The molecule has 0 atom stereocenters. The largest absolute Gasteiger partial charge is 0.465 e. The molecule has 0 aliphatic heterocycles. The summed E-state index contributed by atoms with van der Waals surface area (Å²) in [5.74, 6) is -0.957. The molecular weight excluding hydrogens is 536 g/mol. The summed E-state index contributed by atoms with van der Waals surface area (Å²) >= 11 is 5.29. The van der Waals surface area contributed by atoms with Crippen LogP contribution in [0.5, 0.6) is 0 Å². The molecule has 234 valence electrons. The highest BCUT2D eigenvalue weighted by Gasteiger charge is 2.26. The second kappa shape index (κ2) is 25.6. The summed E-state index contributed by atoms with van der Waals surface area (Å²) < 4.78 is 10.2. The van der Waals surface area contributed by atoms with Crippen molar-refractivity contribution < 1.29 is 23.9 Å². The van der Waals surface area contributed by atoms with E-state index in [0.29, 0.717) is 13.2 Å². The maximum atomic E-state index is 11.6. The number of carbonyl (C=O) groups is 3. The zero-order chi connectivity index (χ0) is 30.8. The van der Waals surface area contributed by atoms with Gasteiger partial charge in [-0.3, -0.25) is 14.4 Å². The van der Waals surface area contributed by atoms with Gasteiger partial charge in [-0.05, 0) is 93.4 Å². The highest BCUT2D eigenvalue weighted by molar-refractivity contribution is 6.66. The molecule has 0 radical (unpaired) electrons. The molecule has 1 rings (SSSR count). The quantitative estimate of drug-likeness (QED) is 0.0312. The predicted molar refractivity (Wildman–Crippen MR) is 172 cm³/mol. The lowest BCUT2D eigenvalue weighted by atomic mass is 9.73. The minimum absolute atomic E-state index is 0.186. The van der Waals surface area contributed by atoms with Crippen molar-refractivity contribution in [3.63, 3.8) is 0 Å². The van der Waals surface area contributed by atoms with Crippen molar-refractivity contribution in [2.45, 2.75) is 136 Å². The van der Waals surface area contributed by atoms with Gasteiger partial charge >= 0.3 is 11.9 Å². The Morgan fingerprint density at radius 2 is 1.22 bits per heavy atom. The van der Waals surface area contributed by atoms with Crippen LogP contribution in [0.1, 0.15) is 136 Å². The van der Waals surface area contributed by atoms with Gasteiger partial charge in [-0.25, -0.2) is 0 Å². The molecule has 1 aliphatic rings. The molecule has 0 spiro atoms. The Labute approximate surface area is 255 Å². The molecule has 5 nitrogen and oxygen atoms in total. The number of carbonyl (C=O) groups excluding carboxylic acids is 3. The minimum Gasteiger partial charge on any atom is -0.465 e. The van der Waals surface area contributed by atoms with E-state index >= 15 is 0 Å². The van der Waals surface area contributed by atoms with Crippen molar-refractivity contribution in [2.24, 2.45) is 5.41 Å². The van der Waals surface area contributed by atoms with Gasteiger partial charge in [0, 0.05) is 0 Å². The first-order chi connectivity index (χ1) is 19.6. The molecule has 0 fully saturated rings. The number of halogens is 1. The highest BCUT2D eigenvalue weighted by atomic mass is 35.5. The minimum atomic E-state index is -0.479. The summed E-state index contributed by atoms with van der Waals surface area (Å²) in [5, 5.41) is -0.397. The molecule has 0 unspecified atom stereocenters. The fourth-order valence-electron chi connectivity index (χ4n) is 4.95.